The molecule has 0 amide bonds. The van der Waals surface area contributed by atoms with Crippen LogP contribution in [0.2, 0.25) is 0 Å². The number of hydrogen-bond acceptors (Lipinski definition) is 0. The van der Waals surface area contributed by atoms with Crippen LogP contribution in [0, 0.1) is 0 Å². The van der Waals surface area contributed by atoms with Crippen LogP contribution in [-0.4, -0.2) is 0 Å². The third kappa shape index (κ3) is 49.7. The zero-order valence-corrected chi connectivity index (χ0v) is 7.64. The van der Waals surface area contributed by atoms with Gasteiger partial charge in [0, 0.05) is 0 Å². The molecule has 0 saturated carbocycles. The molecular formula is C2H3Cl3Zr. The zero-order chi connectivity index (χ0) is 2.71. The van der Waals surface area contributed by atoms with Crippen molar-refractivity contribution in [1.82, 2.24) is 0 Å². The Morgan fingerprint density at radius 3 is 1.17 bits per heavy atom. The van der Waals surface area contributed by atoms with Crippen molar-refractivity contribution in [3.8, 4) is 0 Å². The SMILES string of the molecule is C=[CH][Zr+3].[Cl-].[Cl-].[Cl-]. The Bertz CT molecular complexity index is 16.3. The Morgan fingerprint density at radius 1 is 1.17 bits per heavy atom. The summed E-state index contributed by atoms with van der Waals surface area (Å²) >= 11 is 1.40. The van der Waals surface area contributed by atoms with Gasteiger partial charge in [-0.3, -0.25) is 0 Å². The Kier molecular flexibility index (Phi) is 136. The summed E-state index contributed by atoms with van der Waals surface area (Å²) in [6.07, 6.45) is 0. The van der Waals surface area contributed by atoms with E-state index in [4.69, 9.17) is 0 Å². The first-order valence-corrected chi connectivity index (χ1v) is 2.12. The van der Waals surface area contributed by atoms with Crippen LogP contribution in [-0.2, 0) is 24.7 Å². The van der Waals surface area contributed by atoms with Crippen molar-refractivity contribution in [2.24, 2.45) is 0 Å². The van der Waals surface area contributed by atoms with Gasteiger partial charge < -0.3 is 37.2 Å². The second kappa shape index (κ2) is 31.5. The molecule has 0 spiro atoms. The van der Waals surface area contributed by atoms with Crippen LogP contribution in [0.5, 0.6) is 0 Å². The minimum Gasteiger partial charge on any atom is -1.00 e. The van der Waals surface area contributed by atoms with Crippen LogP contribution in [0.15, 0.2) is 10.4 Å². The molecule has 0 unspecified atom stereocenters. The van der Waals surface area contributed by atoms with E-state index in [1.54, 1.807) is 0 Å². The fourth-order valence-corrected chi connectivity index (χ4v) is 0. The molecule has 0 bridgehead atoms. The fraction of sp³-hybridized carbons (Fsp3) is 0. The molecule has 0 nitrogen and oxygen atoms in total. The van der Waals surface area contributed by atoms with Gasteiger partial charge in [0.25, 0.3) is 0 Å². The maximum Gasteiger partial charge on any atom is -1.00 e. The van der Waals surface area contributed by atoms with Crippen LogP contribution in [0.4, 0.5) is 0 Å². The van der Waals surface area contributed by atoms with Gasteiger partial charge in [-0.1, -0.05) is 0 Å². The monoisotopic (exact) mass is 222 g/mol. The van der Waals surface area contributed by atoms with Gasteiger partial charge in [0.05, 0.1) is 0 Å². The summed E-state index contributed by atoms with van der Waals surface area (Å²) in [4.78, 5) is 0. The van der Waals surface area contributed by atoms with Crippen LogP contribution >= 0.6 is 0 Å². The van der Waals surface area contributed by atoms with Gasteiger partial charge in [0.15, 0.2) is 0 Å². The number of rotatable bonds is 0. The summed E-state index contributed by atoms with van der Waals surface area (Å²) < 4.78 is 1.84. The van der Waals surface area contributed by atoms with Crippen LogP contribution in [0.1, 0.15) is 0 Å². The van der Waals surface area contributed by atoms with Gasteiger partial charge in [-0.25, -0.2) is 0 Å². The molecule has 0 fully saturated rings. The Balaban J connectivity index is -0.00000000667. The van der Waals surface area contributed by atoms with Gasteiger partial charge in [-0.05, 0) is 0 Å². The van der Waals surface area contributed by atoms with Gasteiger partial charge in [0.1, 0.15) is 0 Å². The molecule has 4 heteroatoms. The molecule has 0 rings (SSSR count). The van der Waals surface area contributed by atoms with E-state index in [0.29, 0.717) is 0 Å². The molecule has 0 aliphatic heterocycles. The summed E-state index contributed by atoms with van der Waals surface area (Å²) in [5, 5.41) is 0. The van der Waals surface area contributed by atoms with Gasteiger partial charge >= 0.3 is 35.1 Å². The molecule has 0 heterocycles. The Morgan fingerprint density at radius 2 is 1.17 bits per heavy atom. The Hall–Kier alpha value is 1.49. The van der Waals surface area contributed by atoms with E-state index in [9.17, 15) is 0 Å². The van der Waals surface area contributed by atoms with Crippen molar-refractivity contribution < 1.29 is 61.9 Å². The summed E-state index contributed by atoms with van der Waals surface area (Å²) in [5.74, 6) is 0. The summed E-state index contributed by atoms with van der Waals surface area (Å²) in [6.45, 7) is 3.40. The molecule has 36 valence electrons. The zero-order valence-electron chi connectivity index (χ0n) is 2.92. The topological polar surface area (TPSA) is 0 Å². The first-order chi connectivity index (χ1) is 1.41. The molecule has 0 atom stereocenters. The van der Waals surface area contributed by atoms with Crippen LogP contribution in [0.25, 0.3) is 0 Å². The molecule has 0 aromatic carbocycles. The summed E-state index contributed by atoms with van der Waals surface area (Å²) in [6, 6.07) is 0. The summed E-state index contributed by atoms with van der Waals surface area (Å²) in [5.41, 5.74) is 0. The van der Waals surface area contributed by atoms with E-state index < -0.39 is 0 Å². The molecule has 0 aliphatic rings. The van der Waals surface area contributed by atoms with E-state index in [0.717, 1.165) is 0 Å². The molecule has 6 heavy (non-hydrogen) atoms. The maximum absolute atomic E-state index is 3.40. The Labute approximate surface area is 71.8 Å². The molecular weight excluding hydrogens is 222 g/mol. The molecule has 0 aromatic heterocycles. The van der Waals surface area contributed by atoms with E-state index in [-0.39, 0.29) is 37.2 Å². The van der Waals surface area contributed by atoms with Crippen LogP contribution < -0.4 is 37.2 Å². The van der Waals surface area contributed by atoms with E-state index in [1.165, 1.54) is 24.7 Å². The van der Waals surface area contributed by atoms with E-state index >= 15 is 0 Å². The van der Waals surface area contributed by atoms with Crippen LogP contribution in [0.3, 0.4) is 0 Å². The van der Waals surface area contributed by atoms with Crippen molar-refractivity contribution in [2.75, 3.05) is 0 Å². The van der Waals surface area contributed by atoms with Gasteiger partial charge in [-0.15, -0.1) is 0 Å². The van der Waals surface area contributed by atoms with Crippen molar-refractivity contribution >= 4 is 0 Å². The quantitative estimate of drug-likeness (QED) is 0.384. The first kappa shape index (κ1) is 25.9. The minimum atomic E-state index is 0. The predicted octanol–water partition coefficient (Wildman–Crippen LogP) is -8.31. The van der Waals surface area contributed by atoms with Crippen molar-refractivity contribution in [3.63, 3.8) is 0 Å². The van der Waals surface area contributed by atoms with E-state index in [2.05, 4.69) is 6.58 Å². The smallest absolute Gasteiger partial charge is 1.00 e. The second-order valence-corrected chi connectivity index (χ2v) is 1.21. The maximum atomic E-state index is 3.40. The number of hydrogen-bond donors (Lipinski definition) is 0. The van der Waals surface area contributed by atoms with Gasteiger partial charge in [-0.2, -0.15) is 0 Å². The van der Waals surface area contributed by atoms with Crippen molar-refractivity contribution in [2.45, 2.75) is 0 Å². The van der Waals surface area contributed by atoms with Crippen molar-refractivity contribution in [1.29, 1.82) is 0 Å². The second-order valence-electron chi connectivity index (χ2n) is 0.204. The molecule has 0 N–H and O–H groups in total. The molecule has 0 aromatic rings. The average Bonchev–Trinajstić information content (AvgIpc) is 0.918. The van der Waals surface area contributed by atoms with Gasteiger partial charge in [0.2, 0.25) is 0 Å². The predicted molar refractivity (Wildman–Crippen MR) is 10.2 cm³/mol. The average molecular weight is 225 g/mol. The summed E-state index contributed by atoms with van der Waals surface area (Å²) in [7, 11) is 0. The normalized spacial score (nSPS) is 2.33. The third-order valence-corrected chi connectivity index (χ3v) is 0. The van der Waals surface area contributed by atoms with E-state index in [1.807, 2.05) is 3.78 Å². The first-order valence-electron chi connectivity index (χ1n) is 0.697. The minimum absolute atomic E-state index is 0. The number of halogens is 3. The molecule has 0 aliphatic carbocycles. The van der Waals surface area contributed by atoms with Crippen molar-refractivity contribution in [3.05, 3.63) is 10.4 Å². The molecule has 0 radical (unpaired) electrons. The molecule has 0 saturated heterocycles. The largest absolute Gasteiger partial charge is 1.00 e. The fourth-order valence-electron chi connectivity index (χ4n) is 0. The third-order valence-electron chi connectivity index (χ3n) is 0. The standard InChI is InChI=1S/C2H3.3ClH.Zr/c1-2;;;;/h1H,2H2;3*1H;/q;;;;+3/p-3.